The van der Waals surface area contributed by atoms with Crippen LogP contribution in [0, 0.1) is 56.7 Å². The van der Waals surface area contributed by atoms with Gasteiger partial charge in [-0.3, -0.25) is 9.59 Å². The van der Waals surface area contributed by atoms with Gasteiger partial charge in [-0.25, -0.2) is 4.79 Å². The molecule has 7 heteroatoms. The molecule has 5 aliphatic rings. The van der Waals surface area contributed by atoms with Crippen LogP contribution in [-0.2, 0) is 14.3 Å². The van der Waals surface area contributed by atoms with Gasteiger partial charge in [0.1, 0.15) is 6.10 Å². The molecule has 10 atom stereocenters. The number of fused-ring (bicyclic) bond motifs is 7. The number of amides is 2. The van der Waals surface area contributed by atoms with E-state index in [4.69, 9.17) is 4.74 Å². The molecule has 0 unspecified atom stereocenters. The first-order chi connectivity index (χ1) is 21.1. The van der Waals surface area contributed by atoms with Crippen molar-refractivity contribution < 1.29 is 24.2 Å². The number of esters is 1. The third kappa shape index (κ3) is 5.32. The number of carbonyl (C=O) groups is 3. The zero-order valence-electron chi connectivity index (χ0n) is 30.6. The lowest BCUT2D eigenvalue weighted by Gasteiger charge is -2.73. The number of ether oxygens (including phenoxy) is 1. The molecular weight excluding hydrogens is 576 g/mol. The van der Waals surface area contributed by atoms with Gasteiger partial charge in [0.05, 0.1) is 11.8 Å². The maximum Gasteiger partial charge on any atom is 0.315 e. The van der Waals surface area contributed by atoms with Crippen molar-refractivity contribution >= 4 is 18.0 Å². The fourth-order valence-electron chi connectivity index (χ4n) is 12.7. The molecule has 0 bridgehead atoms. The highest BCUT2D eigenvalue weighted by molar-refractivity contribution is 5.81. The first-order valence-electron chi connectivity index (χ1n) is 18.3. The van der Waals surface area contributed by atoms with E-state index in [9.17, 15) is 19.5 Å². The van der Waals surface area contributed by atoms with Crippen LogP contribution in [0.3, 0.4) is 0 Å². The van der Waals surface area contributed by atoms with Gasteiger partial charge < -0.3 is 20.5 Å². The second kappa shape index (κ2) is 11.5. The summed E-state index contributed by atoms with van der Waals surface area (Å²) in [6.45, 7) is 26.3. The average Bonchev–Trinajstić information content (AvgIpc) is 3.29. The van der Waals surface area contributed by atoms with Gasteiger partial charge in [0, 0.05) is 17.0 Å². The van der Waals surface area contributed by atoms with E-state index in [1.54, 1.807) is 13.8 Å². The van der Waals surface area contributed by atoms with Gasteiger partial charge in [0.2, 0.25) is 0 Å². The van der Waals surface area contributed by atoms with Crippen LogP contribution in [-0.4, -0.2) is 40.8 Å². The van der Waals surface area contributed by atoms with Crippen LogP contribution in [0.5, 0.6) is 0 Å². The lowest BCUT2D eigenvalue weighted by molar-refractivity contribution is -0.246. The van der Waals surface area contributed by atoms with E-state index in [1.807, 2.05) is 13.8 Å². The molecule has 5 rings (SSSR count). The third-order valence-corrected chi connectivity index (χ3v) is 15.2. The number of nitrogens with one attached hydrogen (secondary N) is 2. The molecule has 0 saturated heterocycles. The first kappa shape index (κ1) is 35.3. The largest absolute Gasteiger partial charge is 0.481 e. The molecule has 2 amide bonds. The van der Waals surface area contributed by atoms with E-state index in [1.165, 1.54) is 24.8 Å². The number of allylic oxidation sites excluding steroid dienone is 1. The molecule has 7 nitrogen and oxygen atoms in total. The Kier molecular flexibility index (Phi) is 8.84. The van der Waals surface area contributed by atoms with Gasteiger partial charge in [-0.1, -0.05) is 46.8 Å². The molecule has 46 heavy (non-hydrogen) atoms. The highest BCUT2D eigenvalue weighted by Crippen LogP contribution is 2.76. The van der Waals surface area contributed by atoms with Gasteiger partial charge in [-0.2, -0.15) is 0 Å². The molecule has 3 N–H and O–H groups in total. The summed E-state index contributed by atoms with van der Waals surface area (Å²) in [6, 6.07) is 0.0804. The summed E-state index contributed by atoms with van der Waals surface area (Å²) < 4.78 is 6.15. The summed E-state index contributed by atoms with van der Waals surface area (Å²) in [5.74, 6) is 1.02. The summed E-state index contributed by atoms with van der Waals surface area (Å²) >= 11 is 0. The minimum absolute atomic E-state index is 0.0231. The van der Waals surface area contributed by atoms with Crippen molar-refractivity contribution in [3.05, 3.63) is 12.2 Å². The Bertz CT molecular complexity index is 1260. The third-order valence-electron chi connectivity index (χ3n) is 15.2. The van der Waals surface area contributed by atoms with Crippen molar-refractivity contribution in [2.24, 2.45) is 56.7 Å². The Morgan fingerprint density at radius 2 is 1.57 bits per heavy atom. The monoisotopic (exact) mass is 640 g/mol. The first-order valence-corrected chi connectivity index (χ1v) is 18.3. The number of urea groups is 1. The summed E-state index contributed by atoms with van der Waals surface area (Å²) in [4.78, 5) is 37.9. The van der Waals surface area contributed by atoms with Gasteiger partial charge in [-0.15, -0.1) is 0 Å². The minimum Gasteiger partial charge on any atom is -0.481 e. The van der Waals surface area contributed by atoms with Gasteiger partial charge in [-0.05, 0) is 145 Å². The van der Waals surface area contributed by atoms with Gasteiger partial charge in [0.15, 0.2) is 0 Å². The molecular formula is C39H64N2O5. The fourth-order valence-corrected chi connectivity index (χ4v) is 12.7. The van der Waals surface area contributed by atoms with Crippen molar-refractivity contribution in [1.82, 2.24) is 10.6 Å². The number of hydrogen-bond donors (Lipinski definition) is 3. The van der Waals surface area contributed by atoms with Gasteiger partial charge in [0.25, 0.3) is 0 Å². The lowest BCUT2D eigenvalue weighted by atomic mass is 9.32. The molecule has 0 aromatic carbocycles. The Hall–Kier alpha value is -2.05. The number of rotatable bonds is 7. The normalized spacial score (nSPS) is 42.9. The zero-order valence-corrected chi connectivity index (χ0v) is 30.6. The number of aliphatic carboxylic acids is 1. The summed E-state index contributed by atoms with van der Waals surface area (Å²) in [5, 5.41) is 16.3. The summed E-state index contributed by atoms with van der Waals surface area (Å²) in [6.07, 6.45) is 10.5. The zero-order chi connectivity index (χ0) is 34.3. The Balaban J connectivity index is 1.41. The van der Waals surface area contributed by atoms with Gasteiger partial charge >= 0.3 is 18.0 Å². The molecule has 0 aliphatic heterocycles. The SMILES string of the molecule is C=C(C)[C@@H]1CC[C@]2(NC(=O)NC(C)C)CC[C@]3(C)[C@H](CC[C@@H]4[C@@]5(C)CC[C@H](OC(=O)CC(C)(C)C(=O)O)C(C)(C)[C@@H]5CC[C@]43C)[C@@H]12. The Labute approximate surface area is 278 Å². The molecule has 5 aliphatic carbocycles. The maximum absolute atomic E-state index is 13.2. The van der Waals surface area contributed by atoms with Crippen molar-refractivity contribution in [2.75, 3.05) is 0 Å². The molecule has 0 heterocycles. The predicted molar refractivity (Wildman–Crippen MR) is 182 cm³/mol. The van der Waals surface area contributed by atoms with E-state index >= 15 is 0 Å². The smallest absolute Gasteiger partial charge is 0.315 e. The van der Waals surface area contributed by atoms with E-state index in [-0.39, 0.29) is 51.8 Å². The second-order valence-electron chi connectivity index (χ2n) is 18.8. The van der Waals surface area contributed by atoms with Crippen LogP contribution < -0.4 is 10.6 Å². The maximum atomic E-state index is 13.2. The van der Waals surface area contributed by atoms with Crippen molar-refractivity contribution in [3.8, 4) is 0 Å². The van der Waals surface area contributed by atoms with Crippen LogP contribution >= 0.6 is 0 Å². The number of carbonyl (C=O) groups excluding carboxylic acids is 2. The Morgan fingerprint density at radius 3 is 2.17 bits per heavy atom. The number of carboxylic acids is 1. The molecule has 0 spiro atoms. The number of carboxylic acid groups (broad SMARTS) is 1. The lowest BCUT2D eigenvalue weighted by Crippen LogP contribution is -2.69. The van der Waals surface area contributed by atoms with Crippen LogP contribution in [0.2, 0.25) is 0 Å². The minimum atomic E-state index is -1.14. The molecule has 0 aromatic heterocycles. The molecule has 260 valence electrons. The Morgan fingerprint density at radius 1 is 0.891 bits per heavy atom. The highest BCUT2D eigenvalue weighted by Gasteiger charge is 2.71. The molecule has 5 fully saturated rings. The van der Waals surface area contributed by atoms with Crippen molar-refractivity contribution in [1.29, 1.82) is 0 Å². The van der Waals surface area contributed by atoms with E-state index in [0.29, 0.717) is 29.6 Å². The quantitative estimate of drug-likeness (QED) is 0.191. The average molecular weight is 641 g/mol. The summed E-state index contributed by atoms with van der Waals surface area (Å²) in [7, 11) is 0. The standard InChI is InChI=1S/C39H64N2O5/c1-23(2)25-14-19-39(41-33(45)40-24(3)4)21-20-37(10)26(31(25)39)12-13-28-36(9)17-16-29(46-30(42)22-34(5,6)32(43)44)35(7,8)27(36)15-18-38(28,37)11/h24-29,31H,1,12-22H2,2-11H3,(H,43,44)(H2,40,41,45)/t25-,26+,27-,28+,29-,31+,36-,37+,38+,39-/m0/s1. The van der Waals surface area contributed by atoms with Crippen LogP contribution in [0.25, 0.3) is 0 Å². The highest BCUT2D eigenvalue weighted by atomic mass is 16.5. The molecule has 5 saturated carbocycles. The van der Waals surface area contributed by atoms with Crippen LogP contribution in [0.4, 0.5) is 4.79 Å². The topological polar surface area (TPSA) is 105 Å². The van der Waals surface area contributed by atoms with E-state index < -0.39 is 17.4 Å². The predicted octanol–water partition coefficient (Wildman–Crippen LogP) is 8.52. The second-order valence-corrected chi connectivity index (χ2v) is 18.8. The van der Waals surface area contributed by atoms with Crippen molar-refractivity contribution in [3.63, 3.8) is 0 Å². The molecule has 0 aromatic rings. The number of hydrogen-bond acceptors (Lipinski definition) is 4. The van der Waals surface area contributed by atoms with E-state index in [0.717, 1.165) is 44.9 Å². The van der Waals surface area contributed by atoms with E-state index in [2.05, 4.69) is 58.8 Å². The van der Waals surface area contributed by atoms with Crippen LogP contribution in [0.1, 0.15) is 140 Å². The summed E-state index contributed by atoms with van der Waals surface area (Å²) in [5.41, 5.74) is 0.256. The van der Waals surface area contributed by atoms with Crippen molar-refractivity contribution in [2.45, 2.75) is 158 Å². The molecule has 0 radical (unpaired) electrons. The van der Waals surface area contributed by atoms with Crippen LogP contribution in [0.15, 0.2) is 12.2 Å². The fraction of sp³-hybridized carbons (Fsp3) is 0.872.